The highest BCUT2D eigenvalue weighted by atomic mass is 35.5. The van der Waals surface area contributed by atoms with E-state index in [-0.39, 0.29) is 0 Å². The number of ether oxygens (including phenoxy) is 2. The molecule has 0 aliphatic carbocycles. The van der Waals surface area contributed by atoms with Gasteiger partial charge in [-0.2, -0.15) is 4.98 Å². The van der Waals surface area contributed by atoms with E-state index in [9.17, 15) is 0 Å². The maximum Gasteiger partial charge on any atom is 0.215 e. The van der Waals surface area contributed by atoms with E-state index in [1.807, 2.05) is 6.92 Å². The summed E-state index contributed by atoms with van der Waals surface area (Å²) in [5, 5.41) is 1.27. The first-order chi connectivity index (χ1) is 7.26. The zero-order valence-corrected chi connectivity index (χ0v) is 9.26. The Morgan fingerprint density at radius 3 is 3.00 bits per heavy atom. The summed E-state index contributed by atoms with van der Waals surface area (Å²) in [5.74, 6) is 1.24. The van der Waals surface area contributed by atoms with Gasteiger partial charge < -0.3 is 14.5 Å². The molecule has 2 heterocycles. The molecular weight excluding hydrogens is 216 g/mol. The minimum atomic E-state index is 0.385. The first-order valence-electron chi connectivity index (χ1n) is 4.60. The van der Waals surface area contributed by atoms with Gasteiger partial charge >= 0.3 is 0 Å². The average molecular weight is 227 g/mol. The third-order valence-electron chi connectivity index (χ3n) is 2.07. The normalized spacial score (nSPS) is 10.6. The molecule has 0 saturated carbocycles. The fraction of sp³-hybridized carbons (Fsp3) is 0.300. The molecule has 0 spiro atoms. The van der Waals surface area contributed by atoms with Crippen molar-refractivity contribution in [2.45, 2.75) is 6.92 Å². The van der Waals surface area contributed by atoms with Gasteiger partial charge in [-0.05, 0) is 6.92 Å². The summed E-state index contributed by atoms with van der Waals surface area (Å²) in [6, 6.07) is 1.79. The zero-order chi connectivity index (χ0) is 10.8. The lowest BCUT2D eigenvalue weighted by Crippen LogP contribution is -1.91. The molecule has 15 heavy (non-hydrogen) atoms. The minimum Gasteiger partial charge on any atom is -0.492 e. The number of rotatable bonds is 3. The molecule has 0 aromatic carbocycles. The summed E-state index contributed by atoms with van der Waals surface area (Å²) < 4.78 is 10.5. The Morgan fingerprint density at radius 1 is 1.53 bits per heavy atom. The molecule has 2 aromatic rings. The van der Waals surface area contributed by atoms with Crippen molar-refractivity contribution in [1.29, 1.82) is 0 Å². The van der Waals surface area contributed by atoms with Gasteiger partial charge in [-0.15, -0.1) is 0 Å². The van der Waals surface area contributed by atoms with Crippen LogP contribution in [0.5, 0.6) is 11.6 Å². The highest BCUT2D eigenvalue weighted by Crippen LogP contribution is 2.31. The summed E-state index contributed by atoms with van der Waals surface area (Å²) in [6.45, 7) is 2.54. The maximum absolute atomic E-state index is 5.98. The second kappa shape index (κ2) is 3.98. The molecule has 0 amide bonds. The first-order valence-corrected chi connectivity index (χ1v) is 4.98. The molecular formula is C10H11ClN2O2. The molecule has 0 fully saturated rings. The highest BCUT2D eigenvalue weighted by molar-refractivity contribution is 6.34. The molecule has 2 rings (SSSR count). The lowest BCUT2D eigenvalue weighted by Gasteiger charge is -2.02. The summed E-state index contributed by atoms with van der Waals surface area (Å²) in [4.78, 5) is 7.07. The van der Waals surface area contributed by atoms with Crippen LogP contribution in [0.4, 0.5) is 0 Å². The summed E-state index contributed by atoms with van der Waals surface area (Å²) in [6.07, 6.45) is 1.77. The van der Waals surface area contributed by atoms with E-state index in [1.165, 1.54) is 0 Å². The number of halogens is 1. The minimum absolute atomic E-state index is 0.385. The second-order valence-corrected chi connectivity index (χ2v) is 3.32. The number of aromatic nitrogens is 2. The van der Waals surface area contributed by atoms with Crippen molar-refractivity contribution in [2.75, 3.05) is 13.7 Å². The maximum atomic E-state index is 5.98. The number of pyridine rings is 1. The van der Waals surface area contributed by atoms with Crippen LogP contribution in [0.25, 0.3) is 10.9 Å². The van der Waals surface area contributed by atoms with E-state index in [4.69, 9.17) is 21.1 Å². The molecule has 80 valence electrons. The molecule has 4 nitrogen and oxygen atoms in total. The molecule has 0 aliphatic heterocycles. The number of methoxy groups -OCH3 is 1. The highest BCUT2D eigenvalue weighted by Gasteiger charge is 2.10. The predicted octanol–water partition coefficient (Wildman–Crippen LogP) is 2.62. The lowest BCUT2D eigenvalue weighted by atomic mass is 10.3. The fourth-order valence-electron chi connectivity index (χ4n) is 1.42. The van der Waals surface area contributed by atoms with Gasteiger partial charge in [0.15, 0.2) is 5.15 Å². The largest absolute Gasteiger partial charge is 0.492 e. The van der Waals surface area contributed by atoms with Crippen LogP contribution in [0.2, 0.25) is 5.15 Å². The molecule has 0 radical (unpaired) electrons. The van der Waals surface area contributed by atoms with Gasteiger partial charge in [0.25, 0.3) is 0 Å². The van der Waals surface area contributed by atoms with Crippen molar-refractivity contribution in [3.05, 3.63) is 17.4 Å². The van der Waals surface area contributed by atoms with Gasteiger partial charge in [-0.3, -0.25) is 0 Å². The molecule has 0 saturated heterocycles. The predicted molar refractivity (Wildman–Crippen MR) is 58.8 cm³/mol. The van der Waals surface area contributed by atoms with Gasteiger partial charge in [0.1, 0.15) is 5.75 Å². The number of nitrogens with zero attached hydrogens (tertiary/aromatic N) is 1. The van der Waals surface area contributed by atoms with Gasteiger partial charge in [-0.1, -0.05) is 11.6 Å². The fourth-order valence-corrected chi connectivity index (χ4v) is 1.66. The van der Waals surface area contributed by atoms with Gasteiger partial charge in [0.2, 0.25) is 5.88 Å². The summed E-state index contributed by atoms with van der Waals surface area (Å²) in [7, 11) is 1.55. The number of hydrogen-bond acceptors (Lipinski definition) is 3. The number of hydrogen-bond donors (Lipinski definition) is 1. The van der Waals surface area contributed by atoms with E-state index < -0.39 is 0 Å². The molecule has 1 N–H and O–H groups in total. The van der Waals surface area contributed by atoms with Crippen LogP contribution < -0.4 is 9.47 Å². The third-order valence-corrected chi connectivity index (χ3v) is 2.35. The van der Waals surface area contributed by atoms with Crippen LogP contribution >= 0.6 is 11.6 Å². The molecule has 0 bridgehead atoms. The van der Waals surface area contributed by atoms with Crippen molar-refractivity contribution >= 4 is 22.5 Å². The SMILES string of the molecule is CCOc1c[nH]c2c(Cl)nc(OC)cc12. The number of aromatic amines is 1. The Labute approximate surface area is 92.2 Å². The molecule has 0 atom stereocenters. The van der Waals surface area contributed by atoms with Crippen LogP contribution in [-0.4, -0.2) is 23.7 Å². The molecule has 0 aliphatic rings. The van der Waals surface area contributed by atoms with E-state index >= 15 is 0 Å². The Balaban J connectivity index is 2.61. The zero-order valence-electron chi connectivity index (χ0n) is 8.50. The smallest absolute Gasteiger partial charge is 0.215 e. The van der Waals surface area contributed by atoms with Crippen LogP contribution in [0.15, 0.2) is 12.3 Å². The van der Waals surface area contributed by atoms with Gasteiger partial charge in [0, 0.05) is 12.3 Å². The van der Waals surface area contributed by atoms with Crippen molar-refractivity contribution in [2.24, 2.45) is 0 Å². The van der Waals surface area contributed by atoms with Crippen LogP contribution in [0, 0.1) is 0 Å². The molecule has 2 aromatic heterocycles. The van der Waals surface area contributed by atoms with Crippen molar-refractivity contribution in [1.82, 2.24) is 9.97 Å². The number of nitrogens with one attached hydrogen (secondary N) is 1. The van der Waals surface area contributed by atoms with Gasteiger partial charge in [0.05, 0.1) is 24.6 Å². The molecule has 5 heteroatoms. The number of fused-ring (bicyclic) bond motifs is 1. The third kappa shape index (κ3) is 1.72. The summed E-state index contributed by atoms with van der Waals surface area (Å²) >= 11 is 5.98. The van der Waals surface area contributed by atoms with E-state index in [0.29, 0.717) is 17.6 Å². The average Bonchev–Trinajstić information content (AvgIpc) is 2.63. The standard InChI is InChI=1S/C10H11ClN2O2/c1-3-15-7-5-12-9-6(7)4-8(14-2)13-10(9)11/h4-5,12H,3H2,1-2H3. The Hall–Kier alpha value is -1.42. The van der Waals surface area contributed by atoms with Crippen LogP contribution in [0.3, 0.4) is 0 Å². The Morgan fingerprint density at radius 2 is 2.33 bits per heavy atom. The van der Waals surface area contributed by atoms with Crippen molar-refractivity contribution in [3.8, 4) is 11.6 Å². The summed E-state index contributed by atoms with van der Waals surface area (Å²) in [5.41, 5.74) is 0.765. The van der Waals surface area contributed by atoms with E-state index in [2.05, 4.69) is 9.97 Å². The van der Waals surface area contributed by atoms with Crippen molar-refractivity contribution < 1.29 is 9.47 Å². The van der Waals surface area contributed by atoms with E-state index in [0.717, 1.165) is 16.7 Å². The van der Waals surface area contributed by atoms with E-state index in [1.54, 1.807) is 19.4 Å². The monoisotopic (exact) mass is 226 g/mol. The number of H-pyrrole nitrogens is 1. The van der Waals surface area contributed by atoms with Crippen molar-refractivity contribution in [3.63, 3.8) is 0 Å². The van der Waals surface area contributed by atoms with Crippen LogP contribution in [-0.2, 0) is 0 Å². The van der Waals surface area contributed by atoms with Gasteiger partial charge in [-0.25, -0.2) is 0 Å². The Kier molecular flexibility index (Phi) is 2.68. The lowest BCUT2D eigenvalue weighted by molar-refractivity contribution is 0.344. The molecule has 0 unspecified atom stereocenters. The topological polar surface area (TPSA) is 47.1 Å². The first kappa shape index (κ1) is 10.1. The Bertz CT molecular complexity index is 481. The van der Waals surface area contributed by atoms with Crippen LogP contribution in [0.1, 0.15) is 6.92 Å². The quantitative estimate of drug-likeness (QED) is 0.819. The second-order valence-electron chi connectivity index (χ2n) is 2.96.